The summed E-state index contributed by atoms with van der Waals surface area (Å²) < 4.78 is 23.0. The second kappa shape index (κ2) is 7.47. The lowest BCUT2D eigenvalue weighted by atomic mass is 10.1. The molecule has 0 spiro atoms. The maximum absolute atomic E-state index is 11.5. The molecule has 122 valence electrons. The zero-order valence-corrected chi connectivity index (χ0v) is 14.1. The van der Waals surface area contributed by atoms with E-state index >= 15 is 0 Å². The standard InChI is InChI=1S/C15H29N3O2S/c1-3-12(2)17-15(18-14-6-4-5-7-14)16-10-13-8-9-21(19,20)11-13/h12-14H,3-11H2,1-2H3,(H2,16,17,18). The molecule has 0 amide bonds. The van der Waals surface area contributed by atoms with Gasteiger partial charge in [-0.05, 0) is 38.5 Å². The Hall–Kier alpha value is -0.780. The molecule has 1 aliphatic carbocycles. The van der Waals surface area contributed by atoms with Crippen LogP contribution in [0.4, 0.5) is 0 Å². The first-order chi connectivity index (χ1) is 9.98. The average Bonchev–Trinajstić information content (AvgIpc) is 3.05. The van der Waals surface area contributed by atoms with Crippen LogP contribution in [0.1, 0.15) is 52.4 Å². The van der Waals surface area contributed by atoms with E-state index in [0.717, 1.165) is 18.8 Å². The molecule has 21 heavy (non-hydrogen) atoms. The number of aliphatic imine (C=N–C) groups is 1. The third-order valence-electron chi connectivity index (χ3n) is 4.53. The largest absolute Gasteiger partial charge is 0.354 e. The normalized spacial score (nSPS) is 27.7. The molecular weight excluding hydrogens is 286 g/mol. The van der Waals surface area contributed by atoms with Gasteiger partial charge in [0.25, 0.3) is 0 Å². The molecule has 6 heteroatoms. The van der Waals surface area contributed by atoms with Gasteiger partial charge in [-0.2, -0.15) is 0 Å². The molecule has 0 aromatic carbocycles. The van der Waals surface area contributed by atoms with Crippen molar-refractivity contribution < 1.29 is 8.42 Å². The summed E-state index contributed by atoms with van der Waals surface area (Å²) in [5.41, 5.74) is 0. The van der Waals surface area contributed by atoms with Gasteiger partial charge in [0.05, 0.1) is 11.5 Å². The van der Waals surface area contributed by atoms with Crippen molar-refractivity contribution in [3.8, 4) is 0 Å². The van der Waals surface area contributed by atoms with Crippen molar-refractivity contribution in [3.05, 3.63) is 0 Å². The van der Waals surface area contributed by atoms with Crippen molar-refractivity contribution in [2.24, 2.45) is 10.9 Å². The Morgan fingerprint density at radius 3 is 2.57 bits per heavy atom. The van der Waals surface area contributed by atoms with E-state index in [1.807, 2.05) is 0 Å². The summed E-state index contributed by atoms with van der Waals surface area (Å²) in [7, 11) is -2.80. The molecule has 2 N–H and O–H groups in total. The Balaban J connectivity index is 1.91. The molecule has 1 heterocycles. The number of rotatable bonds is 5. The van der Waals surface area contributed by atoms with Crippen molar-refractivity contribution in [2.45, 2.75) is 64.5 Å². The smallest absolute Gasteiger partial charge is 0.191 e. The molecule has 1 saturated carbocycles. The molecule has 2 rings (SSSR count). The van der Waals surface area contributed by atoms with E-state index in [9.17, 15) is 8.42 Å². The maximum Gasteiger partial charge on any atom is 0.191 e. The van der Waals surface area contributed by atoms with Crippen molar-refractivity contribution in [2.75, 3.05) is 18.1 Å². The second-order valence-electron chi connectivity index (χ2n) is 6.54. The molecule has 0 aromatic heterocycles. The maximum atomic E-state index is 11.5. The molecule has 0 aromatic rings. The summed E-state index contributed by atoms with van der Waals surface area (Å²) >= 11 is 0. The van der Waals surface area contributed by atoms with E-state index in [2.05, 4.69) is 29.5 Å². The topological polar surface area (TPSA) is 70.6 Å². The summed E-state index contributed by atoms with van der Waals surface area (Å²) in [6.45, 7) is 4.90. The van der Waals surface area contributed by atoms with Gasteiger partial charge in [0.15, 0.2) is 15.8 Å². The van der Waals surface area contributed by atoms with Gasteiger partial charge in [0, 0.05) is 18.6 Å². The van der Waals surface area contributed by atoms with E-state index in [-0.39, 0.29) is 5.92 Å². The van der Waals surface area contributed by atoms with Crippen LogP contribution in [0.5, 0.6) is 0 Å². The highest BCUT2D eigenvalue weighted by Crippen LogP contribution is 2.19. The number of hydrogen-bond donors (Lipinski definition) is 2. The van der Waals surface area contributed by atoms with E-state index in [4.69, 9.17) is 0 Å². The minimum atomic E-state index is -2.80. The molecule has 5 nitrogen and oxygen atoms in total. The Kier molecular flexibility index (Phi) is 5.90. The molecule has 1 saturated heterocycles. The Morgan fingerprint density at radius 1 is 1.29 bits per heavy atom. The zero-order valence-electron chi connectivity index (χ0n) is 13.3. The van der Waals surface area contributed by atoms with Crippen molar-refractivity contribution in [1.82, 2.24) is 10.6 Å². The first-order valence-electron chi connectivity index (χ1n) is 8.26. The fourth-order valence-electron chi connectivity index (χ4n) is 2.97. The molecule has 2 aliphatic rings. The molecule has 0 radical (unpaired) electrons. The lowest BCUT2D eigenvalue weighted by Gasteiger charge is -2.21. The Morgan fingerprint density at radius 2 is 2.00 bits per heavy atom. The van der Waals surface area contributed by atoms with Crippen LogP contribution < -0.4 is 10.6 Å². The number of nitrogens with zero attached hydrogens (tertiary/aromatic N) is 1. The monoisotopic (exact) mass is 315 g/mol. The van der Waals surface area contributed by atoms with Gasteiger partial charge in [-0.15, -0.1) is 0 Å². The zero-order chi connectivity index (χ0) is 15.3. The van der Waals surface area contributed by atoms with Gasteiger partial charge in [-0.3, -0.25) is 4.99 Å². The lowest BCUT2D eigenvalue weighted by Crippen LogP contribution is -2.46. The van der Waals surface area contributed by atoms with Crippen molar-refractivity contribution >= 4 is 15.8 Å². The van der Waals surface area contributed by atoms with Gasteiger partial charge in [0.1, 0.15) is 0 Å². The van der Waals surface area contributed by atoms with E-state index in [1.54, 1.807) is 0 Å². The van der Waals surface area contributed by atoms with Crippen LogP contribution in [0.3, 0.4) is 0 Å². The molecule has 2 unspecified atom stereocenters. The summed E-state index contributed by atoms with van der Waals surface area (Å²) in [5, 5.41) is 6.94. The fourth-order valence-corrected chi connectivity index (χ4v) is 4.82. The van der Waals surface area contributed by atoms with Crippen LogP contribution in [0, 0.1) is 5.92 Å². The highest BCUT2D eigenvalue weighted by molar-refractivity contribution is 7.91. The van der Waals surface area contributed by atoms with Gasteiger partial charge in [-0.1, -0.05) is 19.8 Å². The molecule has 2 atom stereocenters. The summed E-state index contributed by atoms with van der Waals surface area (Å²) in [6.07, 6.45) is 6.79. The highest BCUT2D eigenvalue weighted by atomic mass is 32.2. The number of nitrogens with one attached hydrogen (secondary N) is 2. The van der Waals surface area contributed by atoms with Crippen LogP contribution in [-0.4, -0.2) is 44.5 Å². The van der Waals surface area contributed by atoms with E-state index in [1.165, 1.54) is 25.7 Å². The number of guanidine groups is 1. The van der Waals surface area contributed by atoms with Crippen molar-refractivity contribution in [1.29, 1.82) is 0 Å². The van der Waals surface area contributed by atoms with Crippen molar-refractivity contribution in [3.63, 3.8) is 0 Å². The van der Waals surface area contributed by atoms with Crippen LogP contribution in [0.25, 0.3) is 0 Å². The average molecular weight is 315 g/mol. The molecule has 2 fully saturated rings. The summed E-state index contributed by atoms with van der Waals surface area (Å²) in [6, 6.07) is 0.901. The number of hydrogen-bond acceptors (Lipinski definition) is 3. The third-order valence-corrected chi connectivity index (χ3v) is 6.36. The summed E-state index contributed by atoms with van der Waals surface area (Å²) in [5.74, 6) is 1.68. The van der Waals surface area contributed by atoms with Gasteiger partial charge in [0.2, 0.25) is 0 Å². The third kappa shape index (κ3) is 5.49. The second-order valence-corrected chi connectivity index (χ2v) is 8.77. The fraction of sp³-hybridized carbons (Fsp3) is 0.933. The lowest BCUT2D eigenvalue weighted by molar-refractivity contribution is 0.561. The van der Waals surface area contributed by atoms with Gasteiger partial charge in [-0.25, -0.2) is 8.42 Å². The van der Waals surface area contributed by atoms with Gasteiger partial charge >= 0.3 is 0 Å². The minimum Gasteiger partial charge on any atom is -0.354 e. The van der Waals surface area contributed by atoms with Crippen LogP contribution in [0.2, 0.25) is 0 Å². The quantitative estimate of drug-likeness (QED) is 0.598. The highest BCUT2D eigenvalue weighted by Gasteiger charge is 2.27. The SMILES string of the molecule is CCC(C)NC(=NCC1CCS(=O)(=O)C1)NC1CCCC1. The van der Waals surface area contributed by atoms with E-state index < -0.39 is 9.84 Å². The summed E-state index contributed by atoms with van der Waals surface area (Å²) in [4.78, 5) is 4.65. The van der Waals surface area contributed by atoms with Gasteiger partial charge < -0.3 is 10.6 Å². The van der Waals surface area contributed by atoms with Crippen LogP contribution >= 0.6 is 0 Å². The van der Waals surface area contributed by atoms with E-state index in [0.29, 0.717) is 30.1 Å². The van der Waals surface area contributed by atoms with Crippen LogP contribution in [0.15, 0.2) is 4.99 Å². The number of sulfone groups is 1. The van der Waals surface area contributed by atoms with Crippen LogP contribution in [-0.2, 0) is 9.84 Å². The first-order valence-corrected chi connectivity index (χ1v) is 10.1. The predicted molar refractivity (Wildman–Crippen MR) is 87.3 cm³/mol. The molecule has 1 aliphatic heterocycles. The molecule has 0 bridgehead atoms. The first kappa shape index (κ1) is 16.6. The molecular formula is C15H29N3O2S. The Labute approximate surface area is 128 Å². The Bertz CT molecular complexity index is 456. The predicted octanol–water partition coefficient (Wildman–Crippen LogP) is 1.70. The minimum absolute atomic E-state index is 0.189.